The predicted molar refractivity (Wildman–Crippen MR) is 86.2 cm³/mol. The van der Waals surface area contributed by atoms with Crippen molar-refractivity contribution < 1.29 is 0 Å². The second-order valence-electron chi connectivity index (χ2n) is 6.81. The van der Waals surface area contributed by atoms with Gasteiger partial charge in [-0.25, -0.2) is 0 Å². The molecule has 0 bridgehead atoms. The van der Waals surface area contributed by atoms with Crippen LogP contribution in [0.4, 0.5) is 0 Å². The van der Waals surface area contributed by atoms with E-state index in [0.29, 0.717) is 0 Å². The molecule has 3 rings (SSSR count). The molecule has 0 spiro atoms. The van der Waals surface area contributed by atoms with Crippen molar-refractivity contribution in [3.63, 3.8) is 0 Å². The van der Waals surface area contributed by atoms with Gasteiger partial charge in [0.1, 0.15) is 0 Å². The summed E-state index contributed by atoms with van der Waals surface area (Å²) in [6.45, 7) is 3.44. The summed E-state index contributed by atoms with van der Waals surface area (Å²) in [6.07, 6.45) is 10.9. The summed E-state index contributed by atoms with van der Waals surface area (Å²) >= 11 is 0. The summed E-state index contributed by atoms with van der Waals surface area (Å²) in [6, 6.07) is 10.3. The molecule has 2 aliphatic carbocycles. The van der Waals surface area contributed by atoms with Crippen molar-refractivity contribution in [2.75, 3.05) is 6.54 Å². The van der Waals surface area contributed by atoms with Crippen LogP contribution in [-0.4, -0.2) is 12.6 Å². The van der Waals surface area contributed by atoms with Gasteiger partial charge in [0.15, 0.2) is 0 Å². The Morgan fingerprint density at radius 2 is 1.85 bits per heavy atom. The van der Waals surface area contributed by atoms with E-state index in [1.54, 1.807) is 5.56 Å². The van der Waals surface area contributed by atoms with Gasteiger partial charge in [0, 0.05) is 6.04 Å². The van der Waals surface area contributed by atoms with Crippen molar-refractivity contribution in [1.82, 2.24) is 5.32 Å². The van der Waals surface area contributed by atoms with E-state index in [1.807, 2.05) is 0 Å². The van der Waals surface area contributed by atoms with E-state index in [0.717, 1.165) is 17.9 Å². The zero-order chi connectivity index (χ0) is 13.8. The molecule has 1 nitrogen and oxygen atoms in total. The molecule has 20 heavy (non-hydrogen) atoms. The first-order chi connectivity index (χ1) is 9.86. The van der Waals surface area contributed by atoms with Crippen molar-refractivity contribution in [3.05, 3.63) is 35.4 Å². The molecular formula is C19H29N. The molecule has 1 heteroatoms. The number of hydrogen-bond donors (Lipinski definition) is 1. The molecule has 2 aliphatic rings. The molecule has 110 valence electrons. The number of hydrogen-bond acceptors (Lipinski definition) is 1. The Hall–Kier alpha value is -0.820. The van der Waals surface area contributed by atoms with E-state index in [1.165, 1.54) is 63.5 Å². The molecule has 0 aliphatic heterocycles. The Balaban J connectivity index is 1.48. The quantitative estimate of drug-likeness (QED) is 0.725. The van der Waals surface area contributed by atoms with Gasteiger partial charge < -0.3 is 5.32 Å². The average Bonchev–Trinajstić information content (AvgIpc) is 3.23. The van der Waals surface area contributed by atoms with Gasteiger partial charge in [0.05, 0.1) is 0 Å². The zero-order valence-corrected chi connectivity index (χ0v) is 12.9. The van der Waals surface area contributed by atoms with Gasteiger partial charge in [-0.3, -0.25) is 0 Å². The summed E-state index contributed by atoms with van der Waals surface area (Å²) in [4.78, 5) is 0. The maximum Gasteiger partial charge on any atom is 0.00984 e. The lowest BCUT2D eigenvalue weighted by molar-refractivity contribution is 0.419. The number of nitrogens with one attached hydrogen (secondary N) is 1. The molecule has 2 fully saturated rings. The topological polar surface area (TPSA) is 12.0 Å². The Morgan fingerprint density at radius 3 is 2.40 bits per heavy atom. The predicted octanol–water partition coefficient (Wildman–Crippen LogP) is 4.66. The minimum absolute atomic E-state index is 0.765. The lowest BCUT2D eigenvalue weighted by Gasteiger charge is -2.26. The van der Waals surface area contributed by atoms with Gasteiger partial charge >= 0.3 is 0 Å². The van der Waals surface area contributed by atoms with Crippen molar-refractivity contribution in [3.8, 4) is 0 Å². The largest absolute Gasteiger partial charge is 0.314 e. The molecule has 2 saturated carbocycles. The highest BCUT2D eigenvalue weighted by atomic mass is 14.9. The van der Waals surface area contributed by atoms with Crippen LogP contribution in [0.3, 0.4) is 0 Å². The molecule has 0 amide bonds. The summed E-state index contributed by atoms with van der Waals surface area (Å²) in [7, 11) is 0. The standard InChI is InChI=1S/C19H29N/c1-2-14-20-19(18-11-12-18)13-8-15-6-9-17(10-7-15)16-4-3-5-16/h6-7,9-10,16,18-20H,2-5,8,11-14H2,1H3. The molecule has 1 atom stereocenters. The molecule has 0 saturated heterocycles. The van der Waals surface area contributed by atoms with Crippen LogP contribution >= 0.6 is 0 Å². The summed E-state index contributed by atoms with van der Waals surface area (Å²) < 4.78 is 0. The summed E-state index contributed by atoms with van der Waals surface area (Å²) in [5.74, 6) is 1.84. The highest BCUT2D eigenvalue weighted by Crippen LogP contribution is 2.37. The van der Waals surface area contributed by atoms with Gasteiger partial charge in [0.2, 0.25) is 0 Å². The van der Waals surface area contributed by atoms with Crippen molar-refractivity contribution in [2.24, 2.45) is 5.92 Å². The van der Waals surface area contributed by atoms with Crippen LogP contribution in [0.5, 0.6) is 0 Å². The van der Waals surface area contributed by atoms with Crippen LogP contribution in [-0.2, 0) is 6.42 Å². The first kappa shape index (κ1) is 14.1. The average molecular weight is 271 g/mol. The molecule has 1 N–H and O–H groups in total. The second-order valence-corrected chi connectivity index (χ2v) is 6.81. The van der Waals surface area contributed by atoms with E-state index in [2.05, 4.69) is 36.5 Å². The SMILES string of the molecule is CCCNC(CCc1ccc(C2CCC2)cc1)C1CC1. The third-order valence-corrected chi connectivity index (χ3v) is 5.15. The van der Waals surface area contributed by atoms with Crippen LogP contribution in [0.25, 0.3) is 0 Å². The Bertz CT molecular complexity index is 400. The normalized spacial score (nSPS) is 20.6. The van der Waals surface area contributed by atoms with E-state index in [9.17, 15) is 0 Å². The molecular weight excluding hydrogens is 242 g/mol. The Kier molecular flexibility index (Phi) is 4.77. The van der Waals surface area contributed by atoms with Gasteiger partial charge in [-0.1, -0.05) is 37.6 Å². The fourth-order valence-electron chi connectivity index (χ4n) is 3.35. The lowest BCUT2D eigenvalue weighted by Crippen LogP contribution is -2.32. The van der Waals surface area contributed by atoms with E-state index < -0.39 is 0 Å². The van der Waals surface area contributed by atoms with Crippen LogP contribution in [0.2, 0.25) is 0 Å². The Morgan fingerprint density at radius 1 is 1.10 bits per heavy atom. The first-order valence-electron chi connectivity index (χ1n) is 8.69. The first-order valence-corrected chi connectivity index (χ1v) is 8.69. The smallest absolute Gasteiger partial charge is 0.00984 e. The molecule has 1 aromatic rings. The third kappa shape index (κ3) is 3.63. The highest BCUT2D eigenvalue weighted by molar-refractivity contribution is 5.26. The van der Waals surface area contributed by atoms with Gasteiger partial charge in [-0.05, 0) is 74.5 Å². The molecule has 0 heterocycles. The fraction of sp³-hybridized carbons (Fsp3) is 0.684. The zero-order valence-electron chi connectivity index (χ0n) is 12.9. The third-order valence-electron chi connectivity index (χ3n) is 5.15. The number of benzene rings is 1. The van der Waals surface area contributed by atoms with E-state index in [4.69, 9.17) is 0 Å². The molecule has 0 aromatic heterocycles. The van der Waals surface area contributed by atoms with Crippen molar-refractivity contribution in [2.45, 2.75) is 70.3 Å². The van der Waals surface area contributed by atoms with Crippen LogP contribution in [0, 0.1) is 5.92 Å². The number of rotatable bonds is 8. The monoisotopic (exact) mass is 271 g/mol. The Labute approximate surface area is 124 Å². The minimum Gasteiger partial charge on any atom is -0.314 e. The number of aryl methyl sites for hydroxylation is 1. The minimum atomic E-state index is 0.765. The maximum absolute atomic E-state index is 3.75. The van der Waals surface area contributed by atoms with Crippen molar-refractivity contribution >= 4 is 0 Å². The van der Waals surface area contributed by atoms with E-state index >= 15 is 0 Å². The molecule has 0 radical (unpaired) electrons. The van der Waals surface area contributed by atoms with Crippen LogP contribution < -0.4 is 5.32 Å². The summed E-state index contributed by atoms with van der Waals surface area (Å²) in [5.41, 5.74) is 3.10. The summed E-state index contributed by atoms with van der Waals surface area (Å²) in [5, 5.41) is 3.75. The van der Waals surface area contributed by atoms with Gasteiger partial charge in [0.25, 0.3) is 0 Å². The van der Waals surface area contributed by atoms with Gasteiger partial charge in [-0.2, -0.15) is 0 Å². The molecule has 1 unspecified atom stereocenters. The fourth-order valence-corrected chi connectivity index (χ4v) is 3.35. The van der Waals surface area contributed by atoms with E-state index in [-0.39, 0.29) is 0 Å². The van der Waals surface area contributed by atoms with Crippen molar-refractivity contribution in [1.29, 1.82) is 0 Å². The highest BCUT2D eigenvalue weighted by Gasteiger charge is 2.30. The van der Waals surface area contributed by atoms with Crippen LogP contribution in [0.15, 0.2) is 24.3 Å². The lowest BCUT2D eigenvalue weighted by atomic mass is 9.80. The van der Waals surface area contributed by atoms with Gasteiger partial charge in [-0.15, -0.1) is 0 Å². The second kappa shape index (κ2) is 6.76. The maximum atomic E-state index is 3.75. The molecule has 1 aromatic carbocycles. The van der Waals surface area contributed by atoms with Crippen LogP contribution in [0.1, 0.15) is 68.9 Å².